The lowest BCUT2D eigenvalue weighted by molar-refractivity contribution is -0.125. The minimum Gasteiger partial charge on any atom is -0.353 e. The largest absolute Gasteiger partial charge is 0.353 e. The molecule has 26 heavy (non-hydrogen) atoms. The number of pyridine rings is 1. The Morgan fingerprint density at radius 1 is 1.08 bits per heavy atom. The van der Waals surface area contributed by atoms with E-state index >= 15 is 0 Å². The molecule has 1 aliphatic rings. The predicted molar refractivity (Wildman–Crippen MR) is 99.5 cm³/mol. The molecule has 1 aromatic heterocycles. The van der Waals surface area contributed by atoms with Crippen LogP contribution in [0, 0.1) is 0 Å². The molecule has 6 heteroatoms. The first-order valence-electron chi connectivity index (χ1n) is 8.98. The van der Waals surface area contributed by atoms with Crippen LogP contribution in [0.15, 0.2) is 54.9 Å². The molecule has 3 rings (SSSR count). The third kappa shape index (κ3) is 4.89. The Morgan fingerprint density at radius 2 is 1.88 bits per heavy atom. The first-order valence-corrected chi connectivity index (χ1v) is 8.98. The van der Waals surface area contributed by atoms with Crippen LogP contribution in [0.4, 0.5) is 0 Å². The zero-order valence-corrected chi connectivity index (χ0v) is 14.7. The third-order valence-electron chi connectivity index (χ3n) is 4.53. The highest BCUT2D eigenvalue weighted by Crippen LogP contribution is 2.20. The van der Waals surface area contributed by atoms with Crippen LogP contribution in [0.2, 0.25) is 0 Å². The number of amides is 2. The average Bonchev–Trinajstić information content (AvgIpc) is 3.14. The van der Waals surface area contributed by atoms with Gasteiger partial charge in [0.1, 0.15) is 0 Å². The summed E-state index contributed by atoms with van der Waals surface area (Å²) in [6.45, 7) is 2.53. The molecular formula is C20H24N4O2. The number of aromatic nitrogens is 1. The number of benzene rings is 1. The number of hydrogen-bond donors (Lipinski definition) is 2. The van der Waals surface area contributed by atoms with Gasteiger partial charge in [0.2, 0.25) is 5.91 Å². The summed E-state index contributed by atoms with van der Waals surface area (Å²) in [6, 6.07) is 13.5. The molecule has 1 aliphatic heterocycles. The maximum Gasteiger partial charge on any atom is 0.252 e. The Hall–Kier alpha value is -2.73. The van der Waals surface area contributed by atoms with Crippen LogP contribution in [-0.4, -0.2) is 47.4 Å². The zero-order valence-electron chi connectivity index (χ0n) is 14.7. The molecule has 0 bridgehead atoms. The highest BCUT2D eigenvalue weighted by Gasteiger charge is 2.30. The van der Waals surface area contributed by atoms with Crippen molar-refractivity contribution in [1.82, 2.24) is 20.5 Å². The summed E-state index contributed by atoms with van der Waals surface area (Å²) in [5.41, 5.74) is 1.74. The lowest BCUT2D eigenvalue weighted by Gasteiger charge is -2.23. The lowest BCUT2D eigenvalue weighted by atomic mass is 10.1. The number of hydrogen-bond acceptors (Lipinski definition) is 4. The molecule has 0 radical (unpaired) electrons. The van der Waals surface area contributed by atoms with Gasteiger partial charge in [-0.3, -0.25) is 19.5 Å². The van der Waals surface area contributed by atoms with Gasteiger partial charge in [0.25, 0.3) is 5.91 Å². The molecule has 2 amide bonds. The van der Waals surface area contributed by atoms with Crippen molar-refractivity contribution in [1.29, 1.82) is 0 Å². The van der Waals surface area contributed by atoms with E-state index in [1.54, 1.807) is 18.3 Å². The van der Waals surface area contributed by atoms with Gasteiger partial charge in [-0.05, 0) is 37.1 Å². The second kappa shape index (κ2) is 9.10. The molecule has 0 saturated carbocycles. The van der Waals surface area contributed by atoms with Gasteiger partial charge in [0.15, 0.2) is 0 Å². The van der Waals surface area contributed by atoms with Gasteiger partial charge >= 0.3 is 0 Å². The van der Waals surface area contributed by atoms with E-state index < -0.39 is 0 Å². The van der Waals surface area contributed by atoms with Crippen LogP contribution >= 0.6 is 0 Å². The summed E-state index contributed by atoms with van der Waals surface area (Å²) >= 11 is 0. The highest BCUT2D eigenvalue weighted by molar-refractivity contribution is 5.93. The molecule has 136 valence electrons. The standard InChI is InChI=1S/C20H24N4O2/c25-19(17-8-4-10-21-14-17)22-11-12-23-20(26)18-9-5-13-24(18)15-16-6-2-1-3-7-16/h1-4,6-8,10,14,18H,5,9,11-13,15H2,(H,22,25)(H,23,26). The first-order chi connectivity index (χ1) is 12.7. The van der Waals surface area contributed by atoms with Crippen molar-refractivity contribution in [3.05, 3.63) is 66.0 Å². The van der Waals surface area contributed by atoms with Gasteiger partial charge < -0.3 is 10.6 Å². The minimum absolute atomic E-state index is 0.0362. The maximum absolute atomic E-state index is 12.5. The van der Waals surface area contributed by atoms with E-state index in [9.17, 15) is 9.59 Å². The van der Waals surface area contributed by atoms with Crippen molar-refractivity contribution < 1.29 is 9.59 Å². The van der Waals surface area contributed by atoms with Gasteiger partial charge in [0.05, 0.1) is 11.6 Å². The Balaban J connectivity index is 1.42. The number of carbonyl (C=O) groups excluding carboxylic acids is 2. The number of carbonyl (C=O) groups is 2. The number of likely N-dealkylation sites (tertiary alicyclic amines) is 1. The van der Waals surface area contributed by atoms with Crippen LogP contribution in [-0.2, 0) is 11.3 Å². The fourth-order valence-corrected chi connectivity index (χ4v) is 3.21. The van der Waals surface area contributed by atoms with Crippen LogP contribution in [0.1, 0.15) is 28.8 Å². The van der Waals surface area contributed by atoms with Crippen LogP contribution in [0.3, 0.4) is 0 Å². The van der Waals surface area contributed by atoms with Crippen molar-refractivity contribution in [2.75, 3.05) is 19.6 Å². The molecule has 1 atom stereocenters. The topological polar surface area (TPSA) is 74.3 Å². The summed E-state index contributed by atoms with van der Waals surface area (Å²) in [4.78, 5) is 30.6. The molecule has 0 aliphatic carbocycles. The van der Waals surface area contributed by atoms with Crippen molar-refractivity contribution in [3.8, 4) is 0 Å². The van der Waals surface area contributed by atoms with E-state index in [0.717, 1.165) is 25.9 Å². The van der Waals surface area contributed by atoms with E-state index in [1.807, 2.05) is 18.2 Å². The van der Waals surface area contributed by atoms with Gasteiger partial charge in [-0.15, -0.1) is 0 Å². The van der Waals surface area contributed by atoms with Gasteiger partial charge in [-0.25, -0.2) is 0 Å². The summed E-state index contributed by atoms with van der Waals surface area (Å²) in [5.74, 6) is -0.145. The van der Waals surface area contributed by atoms with E-state index in [2.05, 4.69) is 32.7 Å². The van der Waals surface area contributed by atoms with E-state index in [0.29, 0.717) is 18.7 Å². The Labute approximate surface area is 153 Å². The predicted octanol–water partition coefficient (Wildman–Crippen LogP) is 1.59. The highest BCUT2D eigenvalue weighted by atomic mass is 16.2. The number of nitrogens with one attached hydrogen (secondary N) is 2. The molecule has 2 N–H and O–H groups in total. The fourth-order valence-electron chi connectivity index (χ4n) is 3.21. The number of nitrogens with zero attached hydrogens (tertiary/aromatic N) is 2. The van der Waals surface area contributed by atoms with Crippen molar-refractivity contribution in [2.24, 2.45) is 0 Å². The molecule has 1 fully saturated rings. The fraction of sp³-hybridized carbons (Fsp3) is 0.350. The quantitative estimate of drug-likeness (QED) is 0.742. The Bertz CT molecular complexity index is 721. The Kier molecular flexibility index (Phi) is 6.33. The van der Waals surface area contributed by atoms with E-state index in [-0.39, 0.29) is 17.9 Å². The van der Waals surface area contributed by atoms with Crippen molar-refractivity contribution in [2.45, 2.75) is 25.4 Å². The molecule has 1 unspecified atom stereocenters. The maximum atomic E-state index is 12.5. The van der Waals surface area contributed by atoms with E-state index in [1.165, 1.54) is 11.8 Å². The van der Waals surface area contributed by atoms with Gasteiger partial charge in [-0.1, -0.05) is 30.3 Å². The lowest BCUT2D eigenvalue weighted by Crippen LogP contribution is -2.45. The summed E-state index contributed by atoms with van der Waals surface area (Å²) in [6.07, 6.45) is 5.05. The van der Waals surface area contributed by atoms with Crippen molar-refractivity contribution >= 4 is 11.8 Å². The zero-order chi connectivity index (χ0) is 18.2. The first kappa shape index (κ1) is 18.1. The summed E-state index contributed by atoms with van der Waals surface area (Å²) < 4.78 is 0. The third-order valence-corrected chi connectivity index (χ3v) is 4.53. The molecule has 1 aromatic carbocycles. The van der Waals surface area contributed by atoms with Crippen LogP contribution in [0.25, 0.3) is 0 Å². The summed E-state index contributed by atoms with van der Waals surface area (Å²) in [5, 5.41) is 5.72. The molecule has 2 heterocycles. The summed E-state index contributed by atoms with van der Waals surface area (Å²) in [7, 11) is 0. The molecular weight excluding hydrogens is 328 g/mol. The molecule has 1 saturated heterocycles. The normalized spacial score (nSPS) is 17.0. The monoisotopic (exact) mass is 352 g/mol. The SMILES string of the molecule is O=C(NCCNC(=O)C1CCCN1Cc1ccccc1)c1cccnc1. The average molecular weight is 352 g/mol. The molecule has 2 aromatic rings. The van der Waals surface area contributed by atoms with Crippen LogP contribution in [0.5, 0.6) is 0 Å². The number of rotatable bonds is 7. The van der Waals surface area contributed by atoms with Gasteiger partial charge in [-0.2, -0.15) is 0 Å². The molecule has 0 spiro atoms. The van der Waals surface area contributed by atoms with Crippen molar-refractivity contribution in [3.63, 3.8) is 0 Å². The van der Waals surface area contributed by atoms with E-state index in [4.69, 9.17) is 0 Å². The second-order valence-electron chi connectivity index (χ2n) is 6.40. The smallest absolute Gasteiger partial charge is 0.252 e. The van der Waals surface area contributed by atoms with Crippen LogP contribution < -0.4 is 10.6 Å². The molecule has 6 nitrogen and oxygen atoms in total. The minimum atomic E-state index is -0.182. The Morgan fingerprint density at radius 3 is 2.65 bits per heavy atom. The second-order valence-corrected chi connectivity index (χ2v) is 6.40. The van der Waals surface area contributed by atoms with Gasteiger partial charge in [0, 0.05) is 32.0 Å².